The molecule has 0 bridgehead atoms. The number of carbonyl (C=O) groups is 2. The minimum atomic E-state index is -0.277. The first-order valence-corrected chi connectivity index (χ1v) is 11.0. The normalized spacial score (nSPS) is 15.8. The average molecular weight is 429 g/mol. The number of ether oxygens (including phenoxy) is 1. The van der Waals surface area contributed by atoms with Crippen LogP contribution < -0.4 is 16.0 Å². The van der Waals surface area contributed by atoms with Crippen LogP contribution in [0.2, 0.25) is 0 Å². The van der Waals surface area contributed by atoms with Crippen LogP contribution in [0.15, 0.2) is 47.2 Å². The van der Waals surface area contributed by atoms with Gasteiger partial charge in [0.1, 0.15) is 10.7 Å². The van der Waals surface area contributed by atoms with Gasteiger partial charge in [-0.2, -0.15) is 0 Å². The number of anilines is 2. The first kappa shape index (κ1) is 19.6. The molecule has 150 valence electrons. The van der Waals surface area contributed by atoms with Gasteiger partial charge in [0.2, 0.25) is 0 Å². The molecule has 2 aromatic heterocycles. The molecule has 3 N–H and O–H groups in total. The van der Waals surface area contributed by atoms with Crippen LogP contribution in [-0.4, -0.2) is 36.2 Å². The van der Waals surface area contributed by atoms with Gasteiger partial charge >= 0.3 is 6.03 Å². The van der Waals surface area contributed by atoms with Crippen LogP contribution in [0.5, 0.6) is 0 Å². The molecule has 1 aromatic carbocycles. The number of thiophene rings is 1. The second kappa shape index (κ2) is 9.17. The third-order valence-electron chi connectivity index (χ3n) is 4.38. The molecular formula is C20H20N4O3S2. The highest BCUT2D eigenvalue weighted by Gasteiger charge is 2.16. The number of nitrogens with one attached hydrogen (secondary N) is 3. The van der Waals surface area contributed by atoms with Gasteiger partial charge in [-0.3, -0.25) is 4.79 Å². The summed E-state index contributed by atoms with van der Waals surface area (Å²) in [6.45, 7) is 1.26. The maximum atomic E-state index is 12.4. The lowest BCUT2D eigenvalue weighted by atomic mass is 10.2. The lowest BCUT2D eigenvalue weighted by Crippen LogP contribution is -2.35. The number of aromatic nitrogens is 1. The molecule has 3 amide bonds. The van der Waals surface area contributed by atoms with Crippen molar-refractivity contribution in [2.45, 2.75) is 18.9 Å². The van der Waals surface area contributed by atoms with E-state index in [0.717, 1.165) is 29.3 Å². The second-order valence-electron chi connectivity index (χ2n) is 6.52. The molecule has 0 aliphatic carbocycles. The van der Waals surface area contributed by atoms with Crippen molar-refractivity contribution in [3.8, 4) is 9.88 Å². The van der Waals surface area contributed by atoms with Crippen LogP contribution in [-0.2, 0) is 4.74 Å². The van der Waals surface area contributed by atoms with E-state index >= 15 is 0 Å². The van der Waals surface area contributed by atoms with Crippen molar-refractivity contribution < 1.29 is 14.3 Å². The first-order valence-electron chi connectivity index (χ1n) is 9.24. The molecule has 7 nitrogen and oxygen atoms in total. The standard InChI is InChI=1S/C20H20N4O3S2/c25-18(16-12-29-19(24-16)17-4-2-10-28-17)22-13-5-7-14(8-6-13)23-20(26)21-11-15-3-1-9-27-15/h2,4-8,10,12,15H,1,3,9,11H2,(H,22,25)(H2,21,23,26). The van der Waals surface area contributed by atoms with Gasteiger partial charge in [0.15, 0.2) is 0 Å². The molecule has 4 rings (SSSR count). The predicted molar refractivity (Wildman–Crippen MR) is 116 cm³/mol. The van der Waals surface area contributed by atoms with E-state index in [1.807, 2.05) is 17.5 Å². The highest BCUT2D eigenvalue weighted by atomic mass is 32.1. The Morgan fingerprint density at radius 3 is 2.59 bits per heavy atom. The molecule has 0 radical (unpaired) electrons. The molecule has 1 saturated heterocycles. The lowest BCUT2D eigenvalue weighted by Gasteiger charge is -2.12. The summed E-state index contributed by atoms with van der Waals surface area (Å²) in [7, 11) is 0. The summed E-state index contributed by atoms with van der Waals surface area (Å²) in [6, 6.07) is 10.6. The van der Waals surface area contributed by atoms with Crippen LogP contribution in [0.1, 0.15) is 23.3 Å². The zero-order valence-corrected chi connectivity index (χ0v) is 17.1. The summed E-state index contributed by atoms with van der Waals surface area (Å²) in [5.74, 6) is -0.265. The van der Waals surface area contributed by atoms with E-state index < -0.39 is 0 Å². The smallest absolute Gasteiger partial charge is 0.319 e. The van der Waals surface area contributed by atoms with E-state index in [1.165, 1.54) is 11.3 Å². The molecule has 1 aliphatic rings. The van der Waals surface area contributed by atoms with Gasteiger partial charge in [-0.25, -0.2) is 9.78 Å². The second-order valence-corrected chi connectivity index (χ2v) is 8.32. The summed E-state index contributed by atoms with van der Waals surface area (Å²) in [6.07, 6.45) is 2.12. The largest absolute Gasteiger partial charge is 0.376 e. The minimum absolute atomic E-state index is 0.101. The van der Waals surface area contributed by atoms with E-state index in [4.69, 9.17) is 4.74 Å². The molecule has 0 spiro atoms. The quantitative estimate of drug-likeness (QED) is 0.542. The Kier molecular flexibility index (Phi) is 6.18. The van der Waals surface area contributed by atoms with Crippen molar-refractivity contribution in [3.05, 3.63) is 52.9 Å². The molecular weight excluding hydrogens is 408 g/mol. The van der Waals surface area contributed by atoms with Gasteiger partial charge in [0, 0.05) is 29.9 Å². The highest BCUT2D eigenvalue weighted by Crippen LogP contribution is 2.28. The zero-order valence-electron chi connectivity index (χ0n) is 15.5. The molecule has 3 aromatic rings. The maximum absolute atomic E-state index is 12.4. The van der Waals surface area contributed by atoms with Crippen LogP contribution in [0.3, 0.4) is 0 Å². The summed E-state index contributed by atoms with van der Waals surface area (Å²) >= 11 is 3.04. The molecule has 1 fully saturated rings. The molecule has 1 aliphatic heterocycles. The van der Waals surface area contributed by atoms with E-state index in [2.05, 4.69) is 20.9 Å². The van der Waals surface area contributed by atoms with Crippen LogP contribution in [0.25, 0.3) is 9.88 Å². The number of hydrogen-bond donors (Lipinski definition) is 3. The Morgan fingerprint density at radius 1 is 1.10 bits per heavy atom. The van der Waals surface area contributed by atoms with E-state index in [9.17, 15) is 9.59 Å². The van der Waals surface area contributed by atoms with E-state index in [-0.39, 0.29) is 18.0 Å². The third-order valence-corrected chi connectivity index (χ3v) is 6.27. The van der Waals surface area contributed by atoms with Crippen molar-refractivity contribution in [1.82, 2.24) is 10.3 Å². The fraction of sp³-hybridized carbons (Fsp3) is 0.250. The summed E-state index contributed by atoms with van der Waals surface area (Å²) < 4.78 is 5.48. The fourth-order valence-electron chi connectivity index (χ4n) is 2.91. The number of benzene rings is 1. The average Bonchev–Trinajstić information content (AvgIpc) is 3.49. The third kappa shape index (κ3) is 5.20. The van der Waals surface area contributed by atoms with Gasteiger partial charge in [0.25, 0.3) is 5.91 Å². The number of thiazole rings is 1. The molecule has 29 heavy (non-hydrogen) atoms. The topological polar surface area (TPSA) is 92.4 Å². The molecule has 1 unspecified atom stereocenters. The number of urea groups is 1. The maximum Gasteiger partial charge on any atom is 0.319 e. The van der Waals surface area contributed by atoms with Crippen LogP contribution in [0.4, 0.5) is 16.2 Å². The van der Waals surface area contributed by atoms with Gasteiger partial charge in [-0.1, -0.05) is 6.07 Å². The van der Waals surface area contributed by atoms with E-state index in [1.54, 1.807) is 41.0 Å². The molecule has 0 saturated carbocycles. The predicted octanol–water partition coefficient (Wildman–Crippen LogP) is 4.42. The first-order chi connectivity index (χ1) is 14.2. The van der Waals surface area contributed by atoms with Gasteiger partial charge in [-0.05, 0) is 48.6 Å². The Hall–Kier alpha value is -2.75. The van der Waals surface area contributed by atoms with Crippen LogP contribution >= 0.6 is 22.7 Å². The summed E-state index contributed by atoms with van der Waals surface area (Å²) in [4.78, 5) is 29.8. The molecule has 1 atom stereocenters. The van der Waals surface area contributed by atoms with Crippen molar-refractivity contribution in [2.75, 3.05) is 23.8 Å². The number of nitrogens with zero attached hydrogens (tertiary/aromatic N) is 1. The Bertz CT molecular complexity index is 964. The summed E-state index contributed by atoms with van der Waals surface area (Å²) in [5.41, 5.74) is 1.65. The highest BCUT2D eigenvalue weighted by molar-refractivity contribution is 7.20. The van der Waals surface area contributed by atoms with Crippen molar-refractivity contribution in [1.29, 1.82) is 0 Å². The van der Waals surface area contributed by atoms with Gasteiger partial charge in [-0.15, -0.1) is 22.7 Å². The van der Waals surface area contributed by atoms with Crippen molar-refractivity contribution in [2.24, 2.45) is 0 Å². The van der Waals surface area contributed by atoms with Crippen molar-refractivity contribution in [3.63, 3.8) is 0 Å². The Labute approximate surface area is 176 Å². The SMILES string of the molecule is O=C(NCC1CCCO1)Nc1ccc(NC(=O)c2csc(-c3cccs3)n2)cc1. The molecule has 9 heteroatoms. The summed E-state index contributed by atoms with van der Waals surface area (Å²) in [5, 5.41) is 13.0. The Morgan fingerprint density at radius 2 is 1.90 bits per heavy atom. The fourth-order valence-corrected chi connectivity index (χ4v) is 4.52. The van der Waals surface area contributed by atoms with Crippen LogP contribution in [0, 0.1) is 0 Å². The molecule has 3 heterocycles. The van der Waals surface area contributed by atoms with Gasteiger partial charge < -0.3 is 20.7 Å². The number of rotatable bonds is 6. The Balaban J connectivity index is 1.28. The van der Waals surface area contributed by atoms with E-state index in [0.29, 0.717) is 23.6 Å². The number of amides is 3. The van der Waals surface area contributed by atoms with Crippen molar-refractivity contribution >= 4 is 46.0 Å². The number of hydrogen-bond acceptors (Lipinski definition) is 6. The lowest BCUT2D eigenvalue weighted by molar-refractivity contribution is 0.102. The monoisotopic (exact) mass is 428 g/mol. The minimum Gasteiger partial charge on any atom is -0.376 e. The zero-order chi connectivity index (χ0) is 20.1. The van der Waals surface area contributed by atoms with Gasteiger partial charge in [0.05, 0.1) is 11.0 Å². The number of carbonyl (C=O) groups excluding carboxylic acids is 2.